The molecule has 0 unspecified atom stereocenters. The highest BCUT2D eigenvalue weighted by Crippen LogP contribution is 2.16. The number of hydrogen-bond acceptors (Lipinski definition) is 2. The Bertz CT molecular complexity index is 485. The van der Waals surface area contributed by atoms with Crippen molar-refractivity contribution in [1.82, 2.24) is 10.2 Å². The summed E-state index contributed by atoms with van der Waals surface area (Å²) in [7, 11) is 0. The van der Waals surface area contributed by atoms with Crippen molar-refractivity contribution in [2.45, 2.75) is 0 Å². The van der Waals surface area contributed by atoms with E-state index < -0.39 is 5.82 Å². The van der Waals surface area contributed by atoms with Crippen LogP contribution in [0.5, 0.6) is 0 Å². The smallest absolute Gasteiger partial charge is 0.271 e. The van der Waals surface area contributed by atoms with Gasteiger partial charge in [0.05, 0.1) is 16.6 Å². The number of H-pyrrole nitrogens is 2. The number of fused-ring (bicyclic) bond motifs is 1. The molecule has 4 N–H and O–H groups in total. The molecule has 0 radical (unpaired) electrons. The molecule has 0 aliphatic rings. The van der Waals surface area contributed by atoms with Gasteiger partial charge in [0.25, 0.3) is 5.56 Å². The van der Waals surface area contributed by atoms with E-state index in [0.717, 1.165) is 12.1 Å². The zero-order valence-corrected chi connectivity index (χ0v) is 6.02. The summed E-state index contributed by atoms with van der Waals surface area (Å²) in [6, 6.07) is 2.30. The fourth-order valence-electron chi connectivity index (χ4n) is 1.13. The number of benzene rings is 1. The molecule has 0 saturated carbocycles. The molecule has 0 amide bonds. The van der Waals surface area contributed by atoms with E-state index in [4.69, 9.17) is 5.73 Å². The molecule has 0 aliphatic heterocycles. The van der Waals surface area contributed by atoms with Gasteiger partial charge in [0.15, 0.2) is 0 Å². The van der Waals surface area contributed by atoms with Crippen LogP contribution in [0.25, 0.3) is 10.9 Å². The van der Waals surface area contributed by atoms with E-state index in [0.29, 0.717) is 5.52 Å². The van der Waals surface area contributed by atoms with Crippen LogP contribution in [0.4, 0.5) is 10.1 Å². The standard InChI is InChI=1S/C7H6FN3O/c8-3-1-4-6(5(9)2-3)10-11-7(4)12/h1-2H,9H2,(H2,10,11,12). The quantitative estimate of drug-likeness (QED) is 0.502. The molecule has 0 atom stereocenters. The Kier molecular flexibility index (Phi) is 1.21. The Balaban J connectivity index is 3.02. The Morgan fingerprint density at radius 2 is 2.08 bits per heavy atom. The van der Waals surface area contributed by atoms with Crippen molar-refractivity contribution < 1.29 is 4.39 Å². The van der Waals surface area contributed by atoms with Gasteiger partial charge in [0, 0.05) is 0 Å². The van der Waals surface area contributed by atoms with Crippen LogP contribution in [0.15, 0.2) is 16.9 Å². The van der Waals surface area contributed by atoms with Crippen molar-refractivity contribution >= 4 is 16.6 Å². The molecule has 1 heterocycles. The first kappa shape index (κ1) is 6.90. The van der Waals surface area contributed by atoms with Crippen molar-refractivity contribution in [3.63, 3.8) is 0 Å². The van der Waals surface area contributed by atoms with Gasteiger partial charge in [0.2, 0.25) is 0 Å². The number of nitrogens with two attached hydrogens (primary N) is 1. The second kappa shape index (κ2) is 2.10. The van der Waals surface area contributed by atoms with Crippen LogP contribution in [0, 0.1) is 5.82 Å². The summed E-state index contributed by atoms with van der Waals surface area (Å²) >= 11 is 0. The van der Waals surface area contributed by atoms with Crippen LogP contribution in [0.3, 0.4) is 0 Å². The molecule has 1 aromatic heterocycles. The van der Waals surface area contributed by atoms with Crippen molar-refractivity contribution in [3.8, 4) is 0 Å². The Morgan fingerprint density at radius 1 is 1.33 bits per heavy atom. The van der Waals surface area contributed by atoms with E-state index in [2.05, 4.69) is 10.2 Å². The number of aromatic amines is 2. The van der Waals surface area contributed by atoms with Crippen molar-refractivity contribution in [3.05, 3.63) is 28.3 Å². The molecule has 0 bridgehead atoms. The van der Waals surface area contributed by atoms with E-state index in [1.165, 1.54) is 0 Å². The molecule has 0 fully saturated rings. The fourth-order valence-corrected chi connectivity index (χ4v) is 1.13. The van der Waals surface area contributed by atoms with Crippen molar-refractivity contribution in [1.29, 1.82) is 0 Å². The topological polar surface area (TPSA) is 74.7 Å². The summed E-state index contributed by atoms with van der Waals surface area (Å²) < 4.78 is 12.7. The largest absolute Gasteiger partial charge is 0.397 e. The number of nitrogens with one attached hydrogen (secondary N) is 2. The molecule has 62 valence electrons. The number of anilines is 1. The van der Waals surface area contributed by atoms with Gasteiger partial charge in [-0.25, -0.2) is 4.39 Å². The monoisotopic (exact) mass is 167 g/mol. The highest BCUT2D eigenvalue weighted by molar-refractivity contribution is 5.88. The molecule has 4 nitrogen and oxygen atoms in total. The predicted molar refractivity (Wildman–Crippen MR) is 43.3 cm³/mol. The normalized spacial score (nSPS) is 10.8. The third-order valence-electron chi connectivity index (χ3n) is 1.68. The molecule has 2 aromatic rings. The first-order valence-corrected chi connectivity index (χ1v) is 3.34. The molecule has 0 aliphatic carbocycles. The lowest BCUT2D eigenvalue weighted by molar-refractivity contribution is 0.630. The van der Waals surface area contributed by atoms with Gasteiger partial charge < -0.3 is 5.73 Å². The highest BCUT2D eigenvalue weighted by atomic mass is 19.1. The van der Waals surface area contributed by atoms with Gasteiger partial charge in [-0.2, -0.15) is 0 Å². The Hall–Kier alpha value is -1.78. The van der Waals surface area contributed by atoms with Gasteiger partial charge in [-0.3, -0.25) is 15.0 Å². The maximum Gasteiger partial charge on any atom is 0.271 e. The summed E-state index contributed by atoms with van der Waals surface area (Å²) in [5.41, 5.74) is 5.75. The minimum Gasteiger partial charge on any atom is -0.397 e. The summed E-state index contributed by atoms with van der Waals surface area (Å²) in [6.45, 7) is 0. The van der Waals surface area contributed by atoms with Crippen LogP contribution in [0.1, 0.15) is 0 Å². The average Bonchev–Trinajstić information content (AvgIpc) is 2.33. The lowest BCUT2D eigenvalue weighted by Crippen LogP contribution is -1.98. The molecule has 0 spiro atoms. The summed E-state index contributed by atoms with van der Waals surface area (Å²) in [4.78, 5) is 11.0. The second-order valence-corrected chi connectivity index (χ2v) is 2.50. The van der Waals surface area contributed by atoms with Crippen LogP contribution in [-0.2, 0) is 0 Å². The van der Waals surface area contributed by atoms with Crippen LogP contribution in [-0.4, -0.2) is 10.2 Å². The van der Waals surface area contributed by atoms with Crippen LogP contribution < -0.4 is 11.3 Å². The second-order valence-electron chi connectivity index (χ2n) is 2.50. The molecular weight excluding hydrogens is 161 g/mol. The van der Waals surface area contributed by atoms with E-state index in [1.54, 1.807) is 0 Å². The predicted octanol–water partition coefficient (Wildman–Crippen LogP) is 0.578. The van der Waals surface area contributed by atoms with Gasteiger partial charge in [-0.05, 0) is 12.1 Å². The van der Waals surface area contributed by atoms with Gasteiger partial charge in [-0.1, -0.05) is 0 Å². The fraction of sp³-hybridized carbons (Fsp3) is 0. The van der Waals surface area contributed by atoms with E-state index in [-0.39, 0.29) is 16.6 Å². The molecule has 5 heteroatoms. The zero-order chi connectivity index (χ0) is 8.72. The summed E-state index contributed by atoms with van der Waals surface area (Å²) in [5.74, 6) is -0.509. The van der Waals surface area contributed by atoms with Gasteiger partial charge in [-0.15, -0.1) is 0 Å². The maximum absolute atomic E-state index is 12.7. The molecule has 0 saturated heterocycles. The Morgan fingerprint density at radius 3 is 2.83 bits per heavy atom. The Labute approximate surface area is 66.2 Å². The minimum atomic E-state index is -0.509. The van der Waals surface area contributed by atoms with Gasteiger partial charge >= 0.3 is 0 Å². The van der Waals surface area contributed by atoms with Crippen molar-refractivity contribution in [2.75, 3.05) is 5.73 Å². The number of rotatable bonds is 0. The van der Waals surface area contributed by atoms with E-state index >= 15 is 0 Å². The average molecular weight is 167 g/mol. The minimum absolute atomic E-state index is 0.225. The SMILES string of the molecule is Nc1cc(F)cc2c(=O)[nH][nH]c12. The van der Waals surface area contributed by atoms with Crippen LogP contribution >= 0.6 is 0 Å². The molecule has 2 rings (SSSR count). The summed E-state index contributed by atoms with van der Waals surface area (Å²) in [6.07, 6.45) is 0. The van der Waals surface area contributed by atoms with E-state index in [1.807, 2.05) is 0 Å². The van der Waals surface area contributed by atoms with Crippen molar-refractivity contribution in [2.24, 2.45) is 0 Å². The molecule has 1 aromatic carbocycles. The first-order chi connectivity index (χ1) is 5.68. The third-order valence-corrected chi connectivity index (χ3v) is 1.68. The molecular formula is C7H6FN3O. The highest BCUT2D eigenvalue weighted by Gasteiger charge is 2.05. The van der Waals surface area contributed by atoms with Crippen LogP contribution in [0.2, 0.25) is 0 Å². The number of halogens is 1. The third kappa shape index (κ3) is 0.795. The zero-order valence-electron chi connectivity index (χ0n) is 6.02. The lowest BCUT2D eigenvalue weighted by Gasteiger charge is -1.93. The summed E-state index contributed by atoms with van der Waals surface area (Å²) in [5, 5.41) is 5.11. The number of aromatic nitrogens is 2. The number of nitrogen functional groups attached to an aromatic ring is 1. The van der Waals surface area contributed by atoms with E-state index in [9.17, 15) is 9.18 Å². The first-order valence-electron chi connectivity index (χ1n) is 3.34. The maximum atomic E-state index is 12.7. The lowest BCUT2D eigenvalue weighted by atomic mass is 10.2. The van der Waals surface area contributed by atoms with Gasteiger partial charge in [0.1, 0.15) is 5.82 Å². The number of hydrogen-bond donors (Lipinski definition) is 3. The molecule has 12 heavy (non-hydrogen) atoms.